The van der Waals surface area contributed by atoms with Crippen LogP contribution in [0.3, 0.4) is 0 Å². The molecule has 1 aliphatic carbocycles. The SMILES string of the molecule is CCOC(=O)C1C=CC(F)(F)C1c1ccccc1. The molecule has 1 aromatic carbocycles. The summed E-state index contributed by atoms with van der Waals surface area (Å²) in [5, 5.41) is 0. The molecule has 2 atom stereocenters. The number of hydrogen-bond donors (Lipinski definition) is 0. The van der Waals surface area contributed by atoms with E-state index in [9.17, 15) is 13.6 Å². The fourth-order valence-corrected chi connectivity index (χ4v) is 2.23. The van der Waals surface area contributed by atoms with Gasteiger partial charge in [0.1, 0.15) is 0 Å². The molecular formula is C14H14F2O2. The molecule has 2 rings (SSSR count). The second kappa shape index (κ2) is 4.88. The van der Waals surface area contributed by atoms with E-state index in [1.165, 1.54) is 6.08 Å². The Hall–Kier alpha value is -1.71. The molecule has 0 saturated carbocycles. The summed E-state index contributed by atoms with van der Waals surface area (Å²) in [6.45, 7) is 1.85. The number of allylic oxidation sites excluding steroid dienone is 1. The van der Waals surface area contributed by atoms with Crippen LogP contribution < -0.4 is 0 Å². The molecule has 0 aromatic heterocycles. The molecule has 0 amide bonds. The minimum absolute atomic E-state index is 0.191. The Labute approximate surface area is 104 Å². The van der Waals surface area contributed by atoms with E-state index < -0.39 is 23.7 Å². The Balaban J connectivity index is 2.32. The molecule has 0 bridgehead atoms. The van der Waals surface area contributed by atoms with Gasteiger partial charge >= 0.3 is 5.97 Å². The molecule has 0 aliphatic heterocycles. The number of benzene rings is 1. The largest absolute Gasteiger partial charge is 0.466 e. The van der Waals surface area contributed by atoms with Crippen molar-refractivity contribution >= 4 is 5.97 Å². The highest BCUT2D eigenvalue weighted by atomic mass is 19.3. The van der Waals surface area contributed by atoms with Crippen LogP contribution in [0.4, 0.5) is 8.78 Å². The lowest BCUT2D eigenvalue weighted by Crippen LogP contribution is -2.29. The van der Waals surface area contributed by atoms with Crippen molar-refractivity contribution in [2.75, 3.05) is 6.61 Å². The minimum atomic E-state index is -3.02. The first kappa shape index (κ1) is 12.7. The van der Waals surface area contributed by atoms with Crippen molar-refractivity contribution < 1.29 is 18.3 Å². The standard InChI is InChI=1S/C14H14F2O2/c1-2-18-13(17)11-8-9-14(15,16)12(11)10-6-4-3-5-7-10/h3-9,11-12H,2H2,1H3. The molecule has 4 heteroatoms. The van der Waals surface area contributed by atoms with E-state index >= 15 is 0 Å². The van der Waals surface area contributed by atoms with Gasteiger partial charge in [0.05, 0.1) is 18.4 Å². The van der Waals surface area contributed by atoms with Crippen molar-refractivity contribution in [3.63, 3.8) is 0 Å². The van der Waals surface area contributed by atoms with Gasteiger partial charge in [-0.15, -0.1) is 0 Å². The van der Waals surface area contributed by atoms with E-state index in [-0.39, 0.29) is 6.61 Å². The number of carbonyl (C=O) groups is 1. The van der Waals surface area contributed by atoms with E-state index in [4.69, 9.17) is 4.74 Å². The highest BCUT2D eigenvalue weighted by Gasteiger charge is 2.50. The molecule has 2 unspecified atom stereocenters. The summed E-state index contributed by atoms with van der Waals surface area (Å²) in [6.07, 6.45) is 2.04. The second-order valence-corrected chi connectivity index (χ2v) is 4.20. The monoisotopic (exact) mass is 252 g/mol. The predicted molar refractivity (Wildman–Crippen MR) is 63.4 cm³/mol. The van der Waals surface area contributed by atoms with Crippen LogP contribution in [0, 0.1) is 5.92 Å². The van der Waals surface area contributed by atoms with Crippen LogP contribution in [0.15, 0.2) is 42.5 Å². The first-order valence-electron chi connectivity index (χ1n) is 5.85. The summed E-state index contributed by atoms with van der Waals surface area (Å²) in [7, 11) is 0. The molecule has 18 heavy (non-hydrogen) atoms. The summed E-state index contributed by atoms with van der Waals surface area (Å²) < 4.78 is 32.5. The third-order valence-electron chi connectivity index (χ3n) is 3.02. The maximum Gasteiger partial charge on any atom is 0.313 e. The smallest absolute Gasteiger partial charge is 0.313 e. The molecular weight excluding hydrogens is 238 g/mol. The lowest BCUT2D eigenvalue weighted by Gasteiger charge is -2.24. The van der Waals surface area contributed by atoms with E-state index in [1.54, 1.807) is 37.3 Å². The number of esters is 1. The zero-order valence-corrected chi connectivity index (χ0v) is 9.98. The fourth-order valence-electron chi connectivity index (χ4n) is 2.23. The topological polar surface area (TPSA) is 26.3 Å². The highest BCUT2D eigenvalue weighted by molar-refractivity contribution is 5.77. The molecule has 0 N–H and O–H groups in total. The van der Waals surface area contributed by atoms with Crippen LogP contribution in [0.5, 0.6) is 0 Å². The minimum Gasteiger partial charge on any atom is -0.466 e. The van der Waals surface area contributed by atoms with Gasteiger partial charge in [-0.25, -0.2) is 8.78 Å². The Morgan fingerprint density at radius 2 is 2.00 bits per heavy atom. The fraction of sp³-hybridized carbons (Fsp3) is 0.357. The molecule has 0 spiro atoms. The van der Waals surface area contributed by atoms with Crippen molar-refractivity contribution in [2.24, 2.45) is 5.92 Å². The van der Waals surface area contributed by atoms with Crippen LogP contribution in [-0.2, 0) is 9.53 Å². The second-order valence-electron chi connectivity index (χ2n) is 4.20. The van der Waals surface area contributed by atoms with Gasteiger partial charge in [0.2, 0.25) is 0 Å². The molecule has 1 aromatic rings. The van der Waals surface area contributed by atoms with Gasteiger partial charge in [0, 0.05) is 0 Å². The summed E-state index contributed by atoms with van der Waals surface area (Å²) in [4.78, 5) is 11.7. The van der Waals surface area contributed by atoms with E-state index in [1.807, 2.05) is 0 Å². The Morgan fingerprint density at radius 3 is 2.61 bits per heavy atom. The Bertz CT molecular complexity index is 454. The molecule has 1 aliphatic rings. The molecule has 96 valence electrons. The van der Waals surface area contributed by atoms with Crippen LogP contribution in [0.2, 0.25) is 0 Å². The van der Waals surface area contributed by atoms with Crippen molar-refractivity contribution in [3.8, 4) is 0 Å². The Kier molecular flexibility index (Phi) is 3.45. The van der Waals surface area contributed by atoms with Crippen LogP contribution in [-0.4, -0.2) is 18.5 Å². The maximum atomic E-state index is 13.9. The quantitative estimate of drug-likeness (QED) is 0.610. The molecule has 0 heterocycles. The average Bonchev–Trinajstić information content (AvgIpc) is 2.66. The zero-order valence-electron chi connectivity index (χ0n) is 9.98. The van der Waals surface area contributed by atoms with Gasteiger partial charge in [-0.1, -0.05) is 36.4 Å². The van der Waals surface area contributed by atoms with Crippen molar-refractivity contribution in [1.82, 2.24) is 0 Å². The molecule has 2 nitrogen and oxygen atoms in total. The number of alkyl halides is 2. The van der Waals surface area contributed by atoms with Gasteiger partial charge in [-0.3, -0.25) is 4.79 Å². The van der Waals surface area contributed by atoms with E-state index in [0.717, 1.165) is 6.08 Å². The van der Waals surface area contributed by atoms with E-state index in [2.05, 4.69) is 0 Å². The number of halogens is 2. The van der Waals surface area contributed by atoms with Gasteiger partial charge in [0.15, 0.2) is 0 Å². The van der Waals surface area contributed by atoms with Crippen LogP contribution in [0.25, 0.3) is 0 Å². The third-order valence-corrected chi connectivity index (χ3v) is 3.02. The van der Waals surface area contributed by atoms with Gasteiger partial charge in [-0.2, -0.15) is 0 Å². The first-order chi connectivity index (χ1) is 8.56. The predicted octanol–water partition coefficient (Wildman–Crippen LogP) is 3.15. The molecule has 0 saturated heterocycles. The van der Waals surface area contributed by atoms with Gasteiger partial charge < -0.3 is 4.74 Å². The zero-order chi connectivity index (χ0) is 13.2. The number of rotatable bonds is 3. The van der Waals surface area contributed by atoms with Crippen LogP contribution >= 0.6 is 0 Å². The third kappa shape index (κ3) is 2.28. The van der Waals surface area contributed by atoms with Crippen molar-refractivity contribution in [1.29, 1.82) is 0 Å². The number of carbonyl (C=O) groups excluding carboxylic acids is 1. The van der Waals surface area contributed by atoms with Gasteiger partial charge in [0.25, 0.3) is 5.92 Å². The maximum absolute atomic E-state index is 13.9. The molecule has 0 radical (unpaired) electrons. The average molecular weight is 252 g/mol. The summed E-state index contributed by atoms with van der Waals surface area (Å²) in [6, 6.07) is 8.34. The summed E-state index contributed by atoms with van der Waals surface area (Å²) in [5.74, 6) is -5.70. The molecule has 0 fully saturated rings. The lowest BCUT2D eigenvalue weighted by molar-refractivity contribution is -0.148. The van der Waals surface area contributed by atoms with E-state index in [0.29, 0.717) is 5.56 Å². The lowest BCUT2D eigenvalue weighted by atomic mass is 9.86. The summed E-state index contributed by atoms with van der Waals surface area (Å²) in [5.41, 5.74) is 0.450. The van der Waals surface area contributed by atoms with Crippen LogP contribution in [0.1, 0.15) is 18.4 Å². The van der Waals surface area contributed by atoms with Crippen molar-refractivity contribution in [3.05, 3.63) is 48.0 Å². The number of hydrogen-bond acceptors (Lipinski definition) is 2. The highest BCUT2D eigenvalue weighted by Crippen LogP contribution is 2.46. The number of ether oxygens (including phenoxy) is 1. The van der Waals surface area contributed by atoms with Crippen molar-refractivity contribution in [2.45, 2.75) is 18.8 Å². The normalized spacial score (nSPS) is 25.1. The Morgan fingerprint density at radius 1 is 1.33 bits per heavy atom. The first-order valence-corrected chi connectivity index (χ1v) is 5.85. The van der Waals surface area contributed by atoms with Gasteiger partial charge in [-0.05, 0) is 18.6 Å². The summed E-state index contributed by atoms with van der Waals surface area (Å²) >= 11 is 0.